The molecule has 21 heavy (non-hydrogen) atoms. The number of imidazole rings is 1. The minimum Gasteiger partial charge on any atom is -0.299 e. The van der Waals surface area contributed by atoms with Crippen LogP contribution in [-0.4, -0.2) is 15.2 Å². The Kier molecular flexibility index (Phi) is 4.03. The van der Waals surface area contributed by atoms with E-state index in [1.165, 1.54) is 0 Å². The molecule has 0 atom stereocenters. The van der Waals surface area contributed by atoms with E-state index in [1.807, 2.05) is 34.9 Å². The van der Waals surface area contributed by atoms with Crippen molar-refractivity contribution < 1.29 is 4.79 Å². The first-order valence-corrected chi connectivity index (χ1v) is 7.83. The molecule has 0 unspecified atom stereocenters. The molecule has 0 saturated carbocycles. The lowest BCUT2D eigenvalue weighted by atomic mass is 10.1. The van der Waals surface area contributed by atoms with Crippen molar-refractivity contribution in [3.05, 3.63) is 75.1 Å². The third kappa shape index (κ3) is 3.14. The maximum atomic E-state index is 12.1. The minimum absolute atomic E-state index is 0.0405. The van der Waals surface area contributed by atoms with Gasteiger partial charge in [0.15, 0.2) is 5.78 Å². The maximum absolute atomic E-state index is 12.1. The highest BCUT2D eigenvalue weighted by atomic mass is 79.9. The molecule has 2 aromatic heterocycles. The van der Waals surface area contributed by atoms with Gasteiger partial charge in [0.2, 0.25) is 0 Å². The fourth-order valence-electron chi connectivity index (χ4n) is 2.00. The van der Waals surface area contributed by atoms with Crippen molar-refractivity contribution in [2.24, 2.45) is 0 Å². The fraction of sp³-hybridized carbons (Fsp3) is 0. The van der Waals surface area contributed by atoms with Gasteiger partial charge in [0, 0.05) is 20.7 Å². The zero-order valence-electron chi connectivity index (χ0n) is 10.8. The Morgan fingerprint density at radius 2 is 2.00 bits per heavy atom. The van der Waals surface area contributed by atoms with Crippen molar-refractivity contribution in [2.75, 3.05) is 0 Å². The van der Waals surface area contributed by atoms with E-state index in [4.69, 9.17) is 0 Å². The number of ketones is 1. The van der Waals surface area contributed by atoms with Gasteiger partial charge < -0.3 is 0 Å². The molecule has 5 heteroatoms. The monoisotopic (exact) mass is 404 g/mol. The number of hydrogen-bond acceptors (Lipinski definition) is 2. The first-order chi connectivity index (χ1) is 10.1. The number of benzene rings is 1. The molecule has 0 aliphatic carbocycles. The van der Waals surface area contributed by atoms with E-state index in [1.54, 1.807) is 30.5 Å². The molecule has 3 rings (SSSR count). The molecule has 2 heterocycles. The molecular weight excluding hydrogens is 396 g/mol. The molecular formula is C16H10Br2N2O. The van der Waals surface area contributed by atoms with Crippen molar-refractivity contribution in [1.82, 2.24) is 9.38 Å². The van der Waals surface area contributed by atoms with Gasteiger partial charge in [-0.2, -0.15) is 0 Å². The predicted octanol–water partition coefficient (Wildman–Crippen LogP) is 4.76. The Morgan fingerprint density at radius 1 is 1.14 bits per heavy atom. The number of nitrogens with zero attached hydrogens (tertiary/aromatic N) is 2. The number of rotatable bonds is 3. The summed E-state index contributed by atoms with van der Waals surface area (Å²) in [5.41, 5.74) is 2.35. The summed E-state index contributed by atoms with van der Waals surface area (Å²) >= 11 is 6.80. The van der Waals surface area contributed by atoms with E-state index >= 15 is 0 Å². The maximum Gasteiger partial charge on any atom is 0.185 e. The summed E-state index contributed by atoms with van der Waals surface area (Å²) in [6.45, 7) is 0. The van der Waals surface area contributed by atoms with Gasteiger partial charge in [-0.25, -0.2) is 4.98 Å². The van der Waals surface area contributed by atoms with Crippen LogP contribution < -0.4 is 0 Å². The van der Waals surface area contributed by atoms with Gasteiger partial charge in [-0.1, -0.05) is 28.1 Å². The summed E-state index contributed by atoms with van der Waals surface area (Å²) < 4.78 is 3.77. The second-order valence-corrected chi connectivity index (χ2v) is 6.30. The zero-order valence-corrected chi connectivity index (χ0v) is 14.0. The van der Waals surface area contributed by atoms with Gasteiger partial charge >= 0.3 is 0 Å². The van der Waals surface area contributed by atoms with Gasteiger partial charge in [0.25, 0.3) is 0 Å². The van der Waals surface area contributed by atoms with Gasteiger partial charge in [-0.15, -0.1) is 0 Å². The molecule has 0 amide bonds. The van der Waals surface area contributed by atoms with Crippen LogP contribution in [0.25, 0.3) is 11.7 Å². The lowest BCUT2D eigenvalue weighted by Gasteiger charge is -1.98. The van der Waals surface area contributed by atoms with E-state index in [2.05, 4.69) is 36.8 Å². The Balaban J connectivity index is 1.91. The normalized spacial score (nSPS) is 11.3. The van der Waals surface area contributed by atoms with Crippen molar-refractivity contribution in [1.29, 1.82) is 0 Å². The number of allylic oxidation sites excluding steroid dienone is 1. The highest BCUT2D eigenvalue weighted by Crippen LogP contribution is 2.16. The van der Waals surface area contributed by atoms with Gasteiger partial charge in [-0.05, 0) is 52.3 Å². The van der Waals surface area contributed by atoms with Crippen LogP contribution in [0.4, 0.5) is 0 Å². The Morgan fingerprint density at radius 3 is 2.81 bits per heavy atom. The number of aromatic nitrogens is 2. The smallest absolute Gasteiger partial charge is 0.185 e. The quantitative estimate of drug-likeness (QED) is 0.465. The average Bonchev–Trinajstić information content (AvgIpc) is 2.87. The van der Waals surface area contributed by atoms with E-state index in [-0.39, 0.29) is 5.78 Å². The van der Waals surface area contributed by atoms with Crippen molar-refractivity contribution in [3.8, 4) is 0 Å². The van der Waals surface area contributed by atoms with Crippen LogP contribution in [0.2, 0.25) is 0 Å². The van der Waals surface area contributed by atoms with Gasteiger partial charge in [-0.3, -0.25) is 9.20 Å². The van der Waals surface area contributed by atoms with Gasteiger partial charge in [0.05, 0.1) is 11.9 Å². The molecule has 1 aromatic carbocycles. The first kappa shape index (κ1) is 14.2. The number of halogens is 2. The van der Waals surface area contributed by atoms with Crippen LogP contribution >= 0.6 is 31.9 Å². The summed E-state index contributed by atoms with van der Waals surface area (Å²) in [7, 11) is 0. The van der Waals surface area contributed by atoms with Gasteiger partial charge in [0.1, 0.15) is 5.65 Å². The largest absolute Gasteiger partial charge is 0.299 e. The molecule has 0 fully saturated rings. The number of fused-ring (bicyclic) bond motifs is 1. The van der Waals surface area contributed by atoms with E-state index in [9.17, 15) is 4.79 Å². The fourth-order valence-corrected chi connectivity index (χ4v) is 2.73. The predicted molar refractivity (Wildman–Crippen MR) is 90.4 cm³/mol. The van der Waals surface area contributed by atoms with E-state index in [0.29, 0.717) is 5.56 Å². The highest BCUT2D eigenvalue weighted by Gasteiger charge is 2.04. The van der Waals surface area contributed by atoms with Crippen LogP contribution in [-0.2, 0) is 0 Å². The number of pyridine rings is 1. The molecule has 0 radical (unpaired) electrons. The molecule has 104 valence electrons. The van der Waals surface area contributed by atoms with Crippen molar-refractivity contribution in [2.45, 2.75) is 0 Å². The molecule has 0 saturated heterocycles. The van der Waals surface area contributed by atoms with Crippen LogP contribution in [0.15, 0.2) is 63.8 Å². The lowest BCUT2D eigenvalue weighted by molar-refractivity contribution is 0.104. The van der Waals surface area contributed by atoms with Crippen LogP contribution in [0.5, 0.6) is 0 Å². The Hall–Kier alpha value is -1.72. The molecule has 3 nitrogen and oxygen atoms in total. The molecule has 0 bridgehead atoms. The topological polar surface area (TPSA) is 34.4 Å². The third-order valence-corrected chi connectivity index (χ3v) is 3.98. The summed E-state index contributed by atoms with van der Waals surface area (Å²) in [6.07, 6.45) is 7.00. The highest BCUT2D eigenvalue weighted by molar-refractivity contribution is 9.10. The molecule has 0 spiro atoms. The minimum atomic E-state index is -0.0405. The van der Waals surface area contributed by atoms with Crippen LogP contribution in [0.3, 0.4) is 0 Å². The second-order valence-electron chi connectivity index (χ2n) is 4.47. The number of hydrogen-bond donors (Lipinski definition) is 0. The standard InChI is InChI=1S/C16H10Br2N2O/c17-12-3-1-2-11(8-12)15(21)6-5-14-9-19-16-7-4-13(18)10-20(14)16/h1-10H/b6-5+. The number of carbonyl (C=O) groups excluding carboxylic acids is 1. The lowest BCUT2D eigenvalue weighted by Crippen LogP contribution is -1.94. The first-order valence-electron chi connectivity index (χ1n) is 6.24. The van der Waals surface area contributed by atoms with E-state index in [0.717, 1.165) is 20.3 Å². The molecule has 3 aromatic rings. The summed E-state index contributed by atoms with van der Waals surface area (Å²) in [6, 6.07) is 11.2. The second kappa shape index (κ2) is 5.95. The Bertz CT molecular complexity index is 852. The summed E-state index contributed by atoms with van der Waals surface area (Å²) in [5, 5.41) is 0. The summed E-state index contributed by atoms with van der Waals surface area (Å²) in [4.78, 5) is 16.4. The number of carbonyl (C=O) groups is 1. The summed E-state index contributed by atoms with van der Waals surface area (Å²) in [5.74, 6) is -0.0405. The van der Waals surface area contributed by atoms with Crippen LogP contribution in [0.1, 0.15) is 16.1 Å². The van der Waals surface area contributed by atoms with Crippen molar-refractivity contribution in [3.63, 3.8) is 0 Å². The van der Waals surface area contributed by atoms with Crippen LogP contribution in [0, 0.1) is 0 Å². The molecule has 0 N–H and O–H groups in total. The SMILES string of the molecule is O=C(/C=C/c1cnc2ccc(Br)cn12)c1cccc(Br)c1. The van der Waals surface area contributed by atoms with E-state index < -0.39 is 0 Å². The van der Waals surface area contributed by atoms with Crippen molar-refractivity contribution >= 4 is 49.4 Å². The third-order valence-electron chi connectivity index (χ3n) is 3.01. The molecule has 0 aliphatic heterocycles. The Labute approximate surface area is 138 Å². The molecule has 0 aliphatic rings. The average molecular weight is 406 g/mol. The zero-order chi connectivity index (χ0) is 14.8.